The van der Waals surface area contributed by atoms with E-state index in [9.17, 15) is 0 Å². The Kier molecular flexibility index (Phi) is 5.25. The van der Waals surface area contributed by atoms with Gasteiger partial charge in [0.2, 0.25) is 5.95 Å². The molecule has 1 N–H and O–H groups in total. The minimum Gasteiger partial charge on any atom is -0.366 e. The van der Waals surface area contributed by atoms with E-state index in [1.54, 1.807) is 0 Å². The van der Waals surface area contributed by atoms with Crippen LogP contribution in [0.1, 0.15) is 24.0 Å². The van der Waals surface area contributed by atoms with E-state index in [2.05, 4.69) is 38.2 Å². The van der Waals surface area contributed by atoms with Crippen molar-refractivity contribution >= 4 is 11.8 Å². The number of nitrogens with one attached hydrogen (secondary N) is 1. The molecular formula is C18H26N6. The Morgan fingerprint density at radius 3 is 3.00 bits per heavy atom. The highest BCUT2D eigenvalue weighted by molar-refractivity contribution is 5.41. The summed E-state index contributed by atoms with van der Waals surface area (Å²) < 4.78 is 0. The minimum absolute atomic E-state index is 0.418. The van der Waals surface area contributed by atoms with Gasteiger partial charge in [-0.1, -0.05) is 6.07 Å². The SMILES string of the molecule is Cc1cncc(CN2CCCC(Nc3ccnc(N(C)C)n3)C2)c1. The zero-order valence-corrected chi connectivity index (χ0v) is 14.7. The topological polar surface area (TPSA) is 57.2 Å². The van der Waals surface area contributed by atoms with Crippen LogP contribution in [0.5, 0.6) is 0 Å². The fraction of sp³-hybridized carbons (Fsp3) is 0.500. The lowest BCUT2D eigenvalue weighted by Gasteiger charge is -2.33. The highest BCUT2D eigenvalue weighted by Gasteiger charge is 2.20. The summed E-state index contributed by atoms with van der Waals surface area (Å²) in [5, 5.41) is 3.57. The van der Waals surface area contributed by atoms with E-state index in [1.807, 2.05) is 43.7 Å². The van der Waals surface area contributed by atoms with Crippen LogP contribution in [0.25, 0.3) is 0 Å². The highest BCUT2D eigenvalue weighted by atomic mass is 15.2. The molecule has 0 bridgehead atoms. The van der Waals surface area contributed by atoms with Gasteiger partial charge in [-0.05, 0) is 43.5 Å². The molecule has 0 saturated carbocycles. The maximum absolute atomic E-state index is 4.56. The van der Waals surface area contributed by atoms with Crippen molar-refractivity contribution < 1.29 is 0 Å². The lowest BCUT2D eigenvalue weighted by molar-refractivity contribution is 0.208. The Hall–Kier alpha value is -2.21. The summed E-state index contributed by atoms with van der Waals surface area (Å²) in [4.78, 5) is 17.5. The molecule has 24 heavy (non-hydrogen) atoms. The van der Waals surface area contributed by atoms with Gasteiger partial charge in [0.15, 0.2) is 0 Å². The van der Waals surface area contributed by atoms with Gasteiger partial charge in [-0.2, -0.15) is 4.98 Å². The molecular weight excluding hydrogens is 300 g/mol. The lowest BCUT2D eigenvalue weighted by atomic mass is 10.0. The van der Waals surface area contributed by atoms with E-state index in [0.29, 0.717) is 6.04 Å². The summed E-state index contributed by atoms with van der Waals surface area (Å²) in [7, 11) is 3.91. The maximum atomic E-state index is 4.56. The van der Waals surface area contributed by atoms with Crippen LogP contribution >= 0.6 is 0 Å². The molecule has 1 aliphatic rings. The fourth-order valence-corrected chi connectivity index (χ4v) is 3.13. The number of pyridine rings is 1. The van der Waals surface area contributed by atoms with E-state index in [0.717, 1.165) is 31.4 Å². The molecule has 1 atom stereocenters. The quantitative estimate of drug-likeness (QED) is 0.910. The number of hydrogen-bond acceptors (Lipinski definition) is 6. The first kappa shape index (κ1) is 16.6. The summed E-state index contributed by atoms with van der Waals surface area (Å²) in [5.74, 6) is 1.64. The second-order valence-electron chi connectivity index (χ2n) is 6.73. The van der Waals surface area contributed by atoms with E-state index in [1.165, 1.54) is 24.0 Å². The molecule has 6 nitrogen and oxygen atoms in total. The standard InChI is InChI=1S/C18H26N6/c1-14-9-15(11-19-10-14)12-24-8-4-5-16(13-24)21-17-6-7-20-18(22-17)23(2)3/h6-7,9-11,16H,4-5,8,12-13H2,1-3H3,(H,20,21,22). The van der Waals surface area contributed by atoms with Gasteiger partial charge in [0.25, 0.3) is 0 Å². The van der Waals surface area contributed by atoms with Crippen molar-refractivity contribution in [2.75, 3.05) is 37.4 Å². The molecule has 1 fully saturated rings. The molecule has 2 aromatic heterocycles. The maximum Gasteiger partial charge on any atom is 0.226 e. The highest BCUT2D eigenvalue weighted by Crippen LogP contribution is 2.18. The van der Waals surface area contributed by atoms with E-state index >= 15 is 0 Å². The molecule has 0 aromatic carbocycles. The molecule has 0 spiro atoms. The Morgan fingerprint density at radius 1 is 1.33 bits per heavy atom. The minimum atomic E-state index is 0.418. The monoisotopic (exact) mass is 326 g/mol. The number of likely N-dealkylation sites (tertiary alicyclic amines) is 1. The molecule has 2 aromatic rings. The average Bonchev–Trinajstić information content (AvgIpc) is 2.55. The molecule has 1 aliphatic heterocycles. The number of aromatic nitrogens is 3. The first-order valence-electron chi connectivity index (χ1n) is 8.50. The molecule has 1 saturated heterocycles. The first-order valence-corrected chi connectivity index (χ1v) is 8.50. The molecule has 128 valence electrons. The van der Waals surface area contributed by atoms with Crippen molar-refractivity contribution in [2.45, 2.75) is 32.4 Å². The molecule has 0 aliphatic carbocycles. The van der Waals surface area contributed by atoms with Crippen LogP contribution in [-0.2, 0) is 6.54 Å². The number of rotatable bonds is 5. The van der Waals surface area contributed by atoms with E-state index in [-0.39, 0.29) is 0 Å². The van der Waals surface area contributed by atoms with Gasteiger partial charge in [0.05, 0.1) is 0 Å². The average molecular weight is 326 g/mol. The Balaban J connectivity index is 1.60. The third-order valence-corrected chi connectivity index (χ3v) is 4.24. The van der Waals surface area contributed by atoms with E-state index in [4.69, 9.17) is 0 Å². The van der Waals surface area contributed by atoms with Gasteiger partial charge in [0, 0.05) is 51.8 Å². The number of nitrogens with zero attached hydrogens (tertiary/aromatic N) is 5. The Labute approximate surface area is 143 Å². The number of aryl methyl sites for hydroxylation is 1. The number of hydrogen-bond donors (Lipinski definition) is 1. The van der Waals surface area contributed by atoms with Crippen LogP contribution in [0.4, 0.5) is 11.8 Å². The summed E-state index contributed by atoms with van der Waals surface area (Å²) in [6, 6.07) is 4.58. The van der Waals surface area contributed by atoms with Crippen molar-refractivity contribution in [1.29, 1.82) is 0 Å². The van der Waals surface area contributed by atoms with Crippen LogP contribution in [0.3, 0.4) is 0 Å². The predicted octanol–water partition coefficient (Wildman–Crippen LogP) is 2.32. The molecule has 3 heterocycles. The van der Waals surface area contributed by atoms with Crippen LogP contribution in [-0.4, -0.2) is 53.1 Å². The van der Waals surface area contributed by atoms with Gasteiger partial charge in [-0.25, -0.2) is 4.98 Å². The molecule has 1 unspecified atom stereocenters. The van der Waals surface area contributed by atoms with Gasteiger partial charge < -0.3 is 10.2 Å². The third-order valence-electron chi connectivity index (χ3n) is 4.24. The zero-order chi connectivity index (χ0) is 16.9. The van der Waals surface area contributed by atoms with Crippen molar-refractivity contribution in [3.05, 3.63) is 41.9 Å². The molecule has 3 rings (SSSR count). The largest absolute Gasteiger partial charge is 0.366 e. The zero-order valence-electron chi connectivity index (χ0n) is 14.7. The van der Waals surface area contributed by atoms with Gasteiger partial charge in [-0.3, -0.25) is 9.88 Å². The second kappa shape index (κ2) is 7.57. The number of anilines is 2. The molecule has 0 amide bonds. The first-order chi connectivity index (χ1) is 11.6. The smallest absolute Gasteiger partial charge is 0.226 e. The second-order valence-corrected chi connectivity index (χ2v) is 6.73. The lowest BCUT2D eigenvalue weighted by Crippen LogP contribution is -2.41. The third kappa shape index (κ3) is 4.41. The molecule has 0 radical (unpaired) electrons. The normalized spacial score (nSPS) is 18.4. The summed E-state index contributed by atoms with van der Waals surface area (Å²) in [5.41, 5.74) is 2.50. The summed E-state index contributed by atoms with van der Waals surface area (Å²) in [6.45, 7) is 5.21. The van der Waals surface area contributed by atoms with Crippen molar-refractivity contribution in [2.24, 2.45) is 0 Å². The van der Waals surface area contributed by atoms with Crippen LogP contribution < -0.4 is 10.2 Å². The van der Waals surface area contributed by atoms with Crippen molar-refractivity contribution in [3.63, 3.8) is 0 Å². The van der Waals surface area contributed by atoms with E-state index < -0.39 is 0 Å². The predicted molar refractivity (Wildman–Crippen MR) is 97.3 cm³/mol. The van der Waals surface area contributed by atoms with Crippen molar-refractivity contribution in [3.8, 4) is 0 Å². The van der Waals surface area contributed by atoms with Gasteiger partial charge in [0.1, 0.15) is 5.82 Å². The van der Waals surface area contributed by atoms with Gasteiger partial charge >= 0.3 is 0 Å². The van der Waals surface area contributed by atoms with Crippen LogP contribution in [0, 0.1) is 6.92 Å². The van der Waals surface area contributed by atoms with Crippen molar-refractivity contribution in [1.82, 2.24) is 19.9 Å². The summed E-state index contributed by atoms with van der Waals surface area (Å²) in [6.07, 6.45) is 8.05. The fourth-order valence-electron chi connectivity index (χ4n) is 3.13. The van der Waals surface area contributed by atoms with Crippen LogP contribution in [0.15, 0.2) is 30.7 Å². The van der Waals surface area contributed by atoms with Gasteiger partial charge in [-0.15, -0.1) is 0 Å². The summed E-state index contributed by atoms with van der Waals surface area (Å²) >= 11 is 0. The molecule has 6 heteroatoms. The Morgan fingerprint density at radius 2 is 2.21 bits per heavy atom. The Bertz CT molecular complexity index is 672. The number of piperidine rings is 1. The van der Waals surface area contributed by atoms with Crippen LogP contribution in [0.2, 0.25) is 0 Å².